The van der Waals surface area contributed by atoms with Crippen LogP contribution in [0.25, 0.3) is 0 Å². The molecule has 1 fully saturated rings. The van der Waals surface area contributed by atoms with Crippen molar-refractivity contribution in [3.63, 3.8) is 0 Å². The third-order valence-corrected chi connectivity index (χ3v) is 1.92. The highest BCUT2D eigenvalue weighted by atomic mass is 32.1. The van der Waals surface area contributed by atoms with E-state index in [1.54, 1.807) is 0 Å². The molecule has 1 aliphatic rings. The van der Waals surface area contributed by atoms with Gasteiger partial charge in [-0.25, -0.2) is 0 Å². The minimum atomic E-state index is -0.408. The second-order valence-electron chi connectivity index (χ2n) is 2.02. The molecule has 0 aromatic rings. The Balaban J connectivity index is 2.46. The first-order valence-electron chi connectivity index (χ1n) is 2.50. The summed E-state index contributed by atoms with van der Waals surface area (Å²) in [5.74, 6) is -0.194. The van der Waals surface area contributed by atoms with E-state index >= 15 is 0 Å². The van der Waals surface area contributed by atoms with E-state index in [1.165, 1.54) is 7.11 Å². The molecule has 0 aliphatic heterocycles. The Hall–Kier alpha value is -0.180. The van der Waals surface area contributed by atoms with Gasteiger partial charge in [-0.3, -0.25) is 4.79 Å². The number of ether oxygens (including phenoxy) is 1. The molecule has 1 aliphatic carbocycles. The smallest absolute Gasteiger partial charge is 0.321 e. The number of esters is 1. The van der Waals surface area contributed by atoms with Gasteiger partial charge in [-0.05, 0) is 12.8 Å². The molecule has 8 heavy (non-hydrogen) atoms. The number of hydrogen-bond acceptors (Lipinski definition) is 3. The molecular weight excluding hydrogens is 124 g/mol. The summed E-state index contributed by atoms with van der Waals surface area (Å²) in [6.07, 6.45) is 1.73. The summed E-state index contributed by atoms with van der Waals surface area (Å²) in [5.41, 5.74) is 0. The lowest BCUT2D eigenvalue weighted by Gasteiger charge is -2.01. The second kappa shape index (κ2) is 1.65. The number of hydrogen-bond donors (Lipinski definition) is 1. The summed E-state index contributed by atoms with van der Waals surface area (Å²) in [6.45, 7) is 0. The third-order valence-electron chi connectivity index (χ3n) is 1.29. The van der Waals surface area contributed by atoms with Crippen LogP contribution in [0, 0.1) is 0 Å². The number of rotatable bonds is 1. The predicted molar refractivity (Wildman–Crippen MR) is 33.0 cm³/mol. The first-order valence-corrected chi connectivity index (χ1v) is 2.94. The van der Waals surface area contributed by atoms with Crippen molar-refractivity contribution in [3.05, 3.63) is 0 Å². The Morgan fingerprint density at radius 1 is 1.75 bits per heavy atom. The SMILES string of the molecule is COC(=O)C1(S)CC1. The fourth-order valence-corrected chi connectivity index (χ4v) is 0.716. The maximum Gasteiger partial charge on any atom is 0.321 e. The molecule has 0 aromatic carbocycles. The molecule has 0 atom stereocenters. The highest BCUT2D eigenvalue weighted by Gasteiger charge is 2.47. The fraction of sp³-hybridized carbons (Fsp3) is 0.800. The van der Waals surface area contributed by atoms with Crippen molar-refractivity contribution >= 4 is 18.6 Å². The summed E-state index contributed by atoms with van der Waals surface area (Å²) in [4.78, 5) is 10.6. The average Bonchev–Trinajstić information content (AvgIpc) is 2.47. The summed E-state index contributed by atoms with van der Waals surface area (Å²) in [6, 6.07) is 0. The largest absolute Gasteiger partial charge is 0.468 e. The highest BCUT2D eigenvalue weighted by molar-refractivity contribution is 7.83. The first-order chi connectivity index (χ1) is 3.69. The summed E-state index contributed by atoms with van der Waals surface area (Å²) in [5, 5.41) is 0. The topological polar surface area (TPSA) is 26.3 Å². The van der Waals surface area contributed by atoms with Gasteiger partial charge < -0.3 is 4.74 Å². The van der Waals surface area contributed by atoms with Crippen LogP contribution in [0.2, 0.25) is 0 Å². The molecule has 0 saturated heterocycles. The molecule has 0 spiro atoms. The van der Waals surface area contributed by atoms with Crippen LogP contribution >= 0.6 is 12.6 Å². The van der Waals surface area contributed by atoms with E-state index in [9.17, 15) is 4.79 Å². The van der Waals surface area contributed by atoms with Crippen LogP contribution in [0.5, 0.6) is 0 Å². The van der Waals surface area contributed by atoms with Crippen molar-refractivity contribution in [2.24, 2.45) is 0 Å². The van der Waals surface area contributed by atoms with E-state index < -0.39 is 4.75 Å². The van der Waals surface area contributed by atoms with Gasteiger partial charge >= 0.3 is 5.97 Å². The van der Waals surface area contributed by atoms with E-state index in [0.717, 1.165) is 12.8 Å². The monoisotopic (exact) mass is 132 g/mol. The maximum absolute atomic E-state index is 10.6. The van der Waals surface area contributed by atoms with Crippen LogP contribution in [-0.4, -0.2) is 17.8 Å². The van der Waals surface area contributed by atoms with Gasteiger partial charge in [0.25, 0.3) is 0 Å². The van der Waals surface area contributed by atoms with E-state index in [0.29, 0.717) is 0 Å². The third kappa shape index (κ3) is 0.823. The molecule has 1 rings (SSSR count). The van der Waals surface area contributed by atoms with Crippen molar-refractivity contribution in [1.29, 1.82) is 0 Å². The summed E-state index contributed by atoms with van der Waals surface area (Å²) < 4.78 is 4.05. The molecule has 3 heteroatoms. The minimum absolute atomic E-state index is 0.194. The van der Waals surface area contributed by atoms with Crippen LogP contribution in [0.1, 0.15) is 12.8 Å². The highest BCUT2D eigenvalue weighted by Crippen LogP contribution is 2.42. The zero-order chi connectivity index (χ0) is 6.20. The van der Waals surface area contributed by atoms with Crippen molar-refractivity contribution in [2.45, 2.75) is 17.6 Å². The van der Waals surface area contributed by atoms with Gasteiger partial charge in [-0.15, -0.1) is 0 Å². The molecule has 0 amide bonds. The van der Waals surface area contributed by atoms with Gasteiger partial charge in [-0.1, -0.05) is 0 Å². The van der Waals surface area contributed by atoms with Crippen LogP contribution in [0.3, 0.4) is 0 Å². The van der Waals surface area contributed by atoms with Gasteiger partial charge in [-0.2, -0.15) is 12.6 Å². The standard InChI is InChI=1S/C5H8O2S/c1-7-4(6)5(8)2-3-5/h8H,2-3H2,1H3. The van der Waals surface area contributed by atoms with Gasteiger partial charge in [0.1, 0.15) is 4.75 Å². The second-order valence-corrected chi connectivity index (χ2v) is 2.88. The maximum atomic E-state index is 10.6. The van der Waals surface area contributed by atoms with E-state index in [2.05, 4.69) is 17.4 Å². The Morgan fingerprint density at radius 2 is 2.25 bits per heavy atom. The Kier molecular flexibility index (Phi) is 1.23. The Morgan fingerprint density at radius 3 is 2.38 bits per heavy atom. The van der Waals surface area contributed by atoms with Gasteiger partial charge in [0.15, 0.2) is 0 Å². The van der Waals surface area contributed by atoms with E-state index in [4.69, 9.17) is 0 Å². The van der Waals surface area contributed by atoms with Crippen molar-refractivity contribution < 1.29 is 9.53 Å². The van der Waals surface area contributed by atoms with Gasteiger partial charge in [0.05, 0.1) is 7.11 Å². The average molecular weight is 132 g/mol. The zero-order valence-corrected chi connectivity index (χ0v) is 5.57. The number of thiol groups is 1. The molecule has 0 bridgehead atoms. The van der Waals surface area contributed by atoms with E-state index in [-0.39, 0.29) is 5.97 Å². The van der Waals surface area contributed by atoms with Crippen LogP contribution in [-0.2, 0) is 9.53 Å². The molecule has 0 N–H and O–H groups in total. The molecule has 0 aromatic heterocycles. The molecule has 1 saturated carbocycles. The number of carbonyl (C=O) groups is 1. The Labute approximate surface area is 53.6 Å². The molecule has 2 nitrogen and oxygen atoms in total. The Bertz CT molecular complexity index is 118. The van der Waals surface area contributed by atoms with Gasteiger partial charge in [0.2, 0.25) is 0 Å². The van der Waals surface area contributed by atoms with E-state index in [1.807, 2.05) is 0 Å². The summed E-state index contributed by atoms with van der Waals surface area (Å²) in [7, 11) is 1.39. The lowest BCUT2D eigenvalue weighted by Crippen LogP contribution is -2.16. The quantitative estimate of drug-likeness (QED) is 0.418. The minimum Gasteiger partial charge on any atom is -0.468 e. The fourth-order valence-electron chi connectivity index (χ4n) is 0.513. The predicted octanol–water partition coefficient (Wildman–Crippen LogP) is 0.622. The van der Waals surface area contributed by atoms with Crippen LogP contribution in [0.4, 0.5) is 0 Å². The van der Waals surface area contributed by atoms with Crippen LogP contribution in [0.15, 0.2) is 0 Å². The van der Waals surface area contributed by atoms with Gasteiger partial charge in [0, 0.05) is 0 Å². The molecule has 0 radical (unpaired) electrons. The first kappa shape index (κ1) is 5.95. The lowest BCUT2D eigenvalue weighted by atomic mass is 10.4. The summed E-state index contributed by atoms with van der Waals surface area (Å²) >= 11 is 4.07. The van der Waals surface area contributed by atoms with Crippen LogP contribution < -0.4 is 0 Å². The zero-order valence-electron chi connectivity index (χ0n) is 4.68. The molecular formula is C5H8O2S. The number of carbonyl (C=O) groups excluding carboxylic acids is 1. The lowest BCUT2D eigenvalue weighted by molar-refractivity contribution is -0.140. The normalized spacial score (nSPS) is 22.2. The van der Waals surface area contributed by atoms with Crippen molar-refractivity contribution in [3.8, 4) is 0 Å². The van der Waals surface area contributed by atoms with Crippen molar-refractivity contribution in [2.75, 3.05) is 7.11 Å². The molecule has 0 unspecified atom stereocenters. The molecule has 0 heterocycles. The number of methoxy groups -OCH3 is 1. The van der Waals surface area contributed by atoms with Crippen molar-refractivity contribution in [1.82, 2.24) is 0 Å². The molecule has 46 valence electrons.